The van der Waals surface area contributed by atoms with Gasteiger partial charge in [-0.25, -0.2) is 0 Å². The first-order chi connectivity index (χ1) is 8.60. The number of pyridine rings is 1. The molecular weight excluding hydrogens is 246 g/mol. The highest BCUT2D eigenvalue weighted by molar-refractivity contribution is 6.35. The first kappa shape index (κ1) is 12.7. The van der Waals surface area contributed by atoms with Crippen molar-refractivity contribution < 1.29 is 0 Å². The first-order valence-corrected chi connectivity index (χ1v) is 6.12. The van der Waals surface area contributed by atoms with E-state index in [1.54, 1.807) is 16.7 Å². The molecule has 0 amide bonds. The highest BCUT2D eigenvalue weighted by atomic mass is 35.5. The lowest BCUT2D eigenvalue weighted by Gasteiger charge is -2.13. The molecule has 3 heteroatoms. The summed E-state index contributed by atoms with van der Waals surface area (Å²) in [5.74, 6) is 0. The molecule has 0 bridgehead atoms. The molecule has 1 heterocycles. The van der Waals surface area contributed by atoms with E-state index in [1.807, 2.05) is 25.1 Å². The van der Waals surface area contributed by atoms with Crippen molar-refractivity contribution in [1.29, 1.82) is 0 Å². The number of allylic oxidation sites excluding steroid dienone is 2. The lowest BCUT2D eigenvalue weighted by atomic mass is 10.1. The number of nitrogens with zero attached hydrogens (tertiary/aromatic N) is 1. The maximum Gasteiger partial charge on any atom is 0.264 e. The number of hydrogen-bond acceptors (Lipinski definition) is 1. The molecule has 0 fully saturated rings. The van der Waals surface area contributed by atoms with Crippen molar-refractivity contribution in [2.45, 2.75) is 13.3 Å². The Hall–Kier alpha value is -1.80. The Balaban J connectivity index is 2.97. The molecule has 0 aliphatic carbocycles. The monoisotopic (exact) mass is 259 g/mol. The van der Waals surface area contributed by atoms with E-state index >= 15 is 0 Å². The Kier molecular flexibility index (Phi) is 3.39. The van der Waals surface area contributed by atoms with Crippen LogP contribution in [0.1, 0.15) is 12.6 Å². The van der Waals surface area contributed by atoms with Crippen LogP contribution < -0.4 is 5.56 Å². The van der Waals surface area contributed by atoms with E-state index in [1.165, 1.54) is 0 Å². The molecule has 2 aromatic rings. The molecule has 0 aliphatic heterocycles. The summed E-state index contributed by atoms with van der Waals surface area (Å²) in [6.07, 6.45) is 2.31. The van der Waals surface area contributed by atoms with Crippen molar-refractivity contribution >= 4 is 28.1 Å². The smallest absolute Gasteiger partial charge is 0.264 e. The SMILES string of the molecule is C=CC(=C)n1c(CC)cc2cccc(Cl)c2c1=O. The van der Waals surface area contributed by atoms with Gasteiger partial charge in [-0.3, -0.25) is 9.36 Å². The maximum atomic E-state index is 12.5. The standard InChI is InChI=1S/C15H14ClNO/c1-4-10(3)17-12(5-2)9-11-7-6-8-13(16)14(11)15(17)18/h4,6-9H,1,3,5H2,2H3. The third-order valence-corrected chi connectivity index (χ3v) is 3.27. The van der Waals surface area contributed by atoms with Crippen LogP contribution in [-0.2, 0) is 6.42 Å². The van der Waals surface area contributed by atoms with Crippen molar-refractivity contribution in [1.82, 2.24) is 4.57 Å². The average Bonchev–Trinajstić information content (AvgIpc) is 2.37. The molecule has 92 valence electrons. The van der Waals surface area contributed by atoms with Gasteiger partial charge in [0.25, 0.3) is 5.56 Å². The number of aromatic nitrogens is 1. The van der Waals surface area contributed by atoms with Crippen LogP contribution in [0.4, 0.5) is 0 Å². The molecule has 0 spiro atoms. The van der Waals surface area contributed by atoms with Gasteiger partial charge in [0.05, 0.1) is 10.4 Å². The van der Waals surface area contributed by atoms with Crippen molar-refractivity contribution in [3.05, 3.63) is 64.6 Å². The minimum Gasteiger partial charge on any atom is -0.281 e. The Morgan fingerprint density at radius 2 is 2.22 bits per heavy atom. The third kappa shape index (κ3) is 1.89. The van der Waals surface area contributed by atoms with E-state index in [0.29, 0.717) is 16.1 Å². The van der Waals surface area contributed by atoms with E-state index in [-0.39, 0.29) is 5.56 Å². The summed E-state index contributed by atoms with van der Waals surface area (Å²) in [4.78, 5) is 12.5. The number of benzene rings is 1. The zero-order chi connectivity index (χ0) is 13.3. The number of rotatable bonds is 3. The van der Waals surface area contributed by atoms with Crippen molar-refractivity contribution in [2.75, 3.05) is 0 Å². The molecule has 0 radical (unpaired) electrons. The molecule has 0 atom stereocenters. The molecule has 0 aliphatic rings. The van der Waals surface area contributed by atoms with Crippen molar-refractivity contribution in [3.8, 4) is 0 Å². The van der Waals surface area contributed by atoms with E-state index in [9.17, 15) is 4.79 Å². The Morgan fingerprint density at radius 3 is 2.83 bits per heavy atom. The lowest BCUT2D eigenvalue weighted by molar-refractivity contribution is 0.914. The van der Waals surface area contributed by atoms with E-state index in [0.717, 1.165) is 17.5 Å². The molecule has 0 N–H and O–H groups in total. The zero-order valence-corrected chi connectivity index (χ0v) is 11.0. The summed E-state index contributed by atoms with van der Waals surface area (Å²) in [5, 5.41) is 1.85. The predicted octanol–water partition coefficient (Wildman–Crippen LogP) is 3.87. The van der Waals surface area contributed by atoms with Crippen molar-refractivity contribution in [2.24, 2.45) is 0 Å². The minimum atomic E-state index is -0.139. The second-order valence-corrected chi connectivity index (χ2v) is 4.44. The fourth-order valence-electron chi connectivity index (χ4n) is 2.04. The molecule has 2 nitrogen and oxygen atoms in total. The quantitative estimate of drug-likeness (QED) is 0.767. The minimum absolute atomic E-state index is 0.139. The van der Waals surface area contributed by atoms with Crippen LogP contribution in [0.25, 0.3) is 16.5 Å². The molecule has 0 unspecified atom stereocenters. The highest BCUT2D eigenvalue weighted by Crippen LogP contribution is 2.22. The average molecular weight is 260 g/mol. The van der Waals surface area contributed by atoms with E-state index < -0.39 is 0 Å². The van der Waals surface area contributed by atoms with Gasteiger partial charge in [0.15, 0.2) is 0 Å². The summed E-state index contributed by atoms with van der Waals surface area (Å²) in [6.45, 7) is 9.51. The maximum absolute atomic E-state index is 12.5. The fourth-order valence-corrected chi connectivity index (χ4v) is 2.30. The number of halogens is 1. The zero-order valence-electron chi connectivity index (χ0n) is 10.2. The van der Waals surface area contributed by atoms with Crippen LogP contribution in [0.2, 0.25) is 5.02 Å². The van der Waals surface area contributed by atoms with E-state index in [2.05, 4.69) is 13.2 Å². The summed E-state index contributed by atoms with van der Waals surface area (Å²) >= 11 is 6.11. The molecule has 1 aromatic carbocycles. The molecule has 2 rings (SSSR count). The summed E-state index contributed by atoms with van der Waals surface area (Å²) in [6, 6.07) is 7.42. The van der Waals surface area contributed by atoms with Gasteiger partial charge in [0.1, 0.15) is 0 Å². The molecule has 1 aromatic heterocycles. The second-order valence-electron chi connectivity index (χ2n) is 4.03. The van der Waals surface area contributed by atoms with Crippen LogP contribution in [0.5, 0.6) is 0 Å². The van der Waals surface area contributed by atoms with Gasteiger partial charge in [0.2, 0.25) is 0 Å². The second kappa shape index (κ2) is 4.83. The van der Waals surface area contributed by atoms with Crippen LogP contribution in [0.15, 0.2) is 48.3 Å². The van der Waals surface area contributed by atoms with Gasteiger partial charge >= 0.3 is 0 Å². The summed E-state index contributed by atoms with van der Waals surface area (Å²) < 4.78 is 1.57. The highest BCUT2D eigenvalue weighted by Gasteiger charge is 2.11. The van der Waals surface area contributed by atoms with Crippen LogP contribution in [0.3, 0.4) is 0 Å². The Bertz CT molecular complexity index is 697. The summed E-state index contributed by atoms with van der Waals surface area (Å²) in [7, 11) is 0. The lowest BCUT2D eigenvalue weighted by Crippen LogP contribution is -2.22. The number of aryl methyl sites for hydroxylation is 1. The topological polar surface area (TPSA) is 22.0 Å². The fraction of sp³-hybridized carbons (Fsp3) is 0.133. The van der Waals surface area contributed by atoms with Crippen LogP contribution in [-0.4, -0.2) is 4.57 Å². The van der Waals surface area contributed by atoms with Gasteiger partial charge in [-0.2, -0.15) is 0 Å². The molecular formula is C15H14ClNO. The van der Waals surface area contributed by atoms with Gasteiger partial charge in [-0.1, -0.05) is 43.8 Å². The molecule has 0 saturated carbocycles. The predicted molar refractivity (Wildman–Crippen MR) is 78.1 cm³/mol. The first-order valence-electron chi connectivity index (χ1n) is 5.75. The van der Waals surface area contributed by atoms with Crippen LogP contribution >= 0.6 is 11.6 Å². The Morgan fingerprint density at radius 1 is 1.50 bits per heavy atom. The number of fused-ring (bicyclic) bond motifs is 1. The molecule has 18 heavy (non-hydrogen) atoms. The van der Waals surface area contributed by atoms with Gasteiger partial charge in [-0.05, 0) is 30.0 Å². The normalized spacial score (nSPS) is 10.6. The van der Waals surface area contributed by atoms with E-state index in [4.69, 9.17) is 11.6 Å². The Labute approximate surface area is 111 Å². The third-order valence-electron chi connectivity index (χ3n) is 2.96. The molecule has 0 saturated heterocycles. The summed E-state index contributed by atoms with van der Waals surface area (Å²) in [5.41, 5.74) is 1.33. The van der Waals surface area contributed by atoms with Crippen LogP contribution in [0, 0.1) is 0 Å². The van der Waals surface area contributed by atoms with Gasteiger partial charge in [0, 0.05) is 11.4 Å². The van der Waals surface area contributed by atoms with Crippen molar-refractivity contribution in [3.63, 3.8) is 0 Å². The largest absolute Gasteiger partial charge is 0.281 e. The number of hydrogen-bond donors (Lipinski definition) is 0. The van der Waals surface area contributed by atoms with Gasteiger partial charge < -0.3 is 0 Å². The van der Waals surface area contributed by atoms with Gasteiger partial charge in [-0.15, -0.1) is 0 Å².